The summed E-state index contributed by atoms with van der Waals surface area (Å²) in [6.45, 7) is 4.04. The highest BCUT2D eigenvalue weighted by atomic mass is 16.5. The van der Waals surface area contributed by atoms with Crippen molar-refractivity contribution in [2.75, 3.05) is 39.9 Å². The number of fused-ring (bicyclic) bond motifs is 1. The maximum atomic E-state index is 13.0. The molecule has 3 N–H and O–H groups in total. The number of hydrogen-bond donors (Lipinski definition) is 3. The van der Waals surface area contributed by atoms with Gasteiger partial charge in [-0.15, -0.1) is 0 Å². The van der Waals surface area contributed by atoms with Crippen molar-refractivity contribution in [3.8, 4) is 0 Å². The van der Waals surface area contributed by atoms with Gasteiger partial charge in [0.2, 0.25) is 0 Å². The molecule has 0 aliphatic carbocycles. The SMILES string of the molecule is C[N+]1(c2ccccc2C(=O)NCC(O)C2Cc3ccccc3CN2)CCOCC1. The van der Waals surface area contributed by atoms with E-state index in [1.807, 2.05) is 36.4 Å². The van der Waals surface area contributed by atoms with Gasteiger partial charge < -0.3 is 20.5 Å². The molecule has 0 spiro atoms. The van der Waals surface area contributed by atoms with E-state index in [4.69, 9.17) is 4.74 Å². The first-order chi connectivity index (χ1) is 14.1. The fourth-order valence-electron chi connectivity index (χ4n) is 4.31. The average molecular weight is 397 g/mol. The molecule has 2 aromatic rings. The minimum atomic E-state index is -0.646. The Morgan fingerprint density at radius 2 is 1.86 bits per heavy atom. The van der Waals surface area contributed by atoms with E-state index in [-0.39, 0.29) is 18.5 Å². The number of amides is 1. The Hall–Kier alpha value is -2.25. The predicted molar refractivity (Wildman–Crippen MR) is 114 cm³/mol. The maximum Gasteiger partial charge on any atom is 0.257 e. The highest BCUT2D eigenvalue weighted by Crippen LogP contribution is 2.27. The second-order valence-electron chi connectivity index (χ2n) is 8.21. The normalized spacial score (nSPS) is 21.8. The number of morpholine rings is 1. The van der Waals surface area contributed by atoms with Crippen molar-refractivity contribution in [1.82, 2.24) is 15.1 Å². The Labute approximate surface area is 172 Å². The summed E-state index contributed by atoms with van der Waals surface area (Å²) in [7, 11) is 2.15. The molecule has 1 saturated heterocycles. The Morgan fingerprint density at radius 1 is 1.17 bits per heavy atom. The molecule has 154 valence electrons. The first kappa shape index (κ1) is 20.0. The number of aliphatic hydroxyl groups excluding tert-OH is 1. The molecule has 0 aromatic heterocycles. The number of rotatable bonds is 5. The van der Waals surface area contributed by atoms with Gasteiger partial charge in [0, 0.05) is 19.1 Å². The fourth-order valence-corrected chi connectivity index (χ4v) is 4.31. The van der Waals surface area contributed by atoms with Gasteiger partial charge in [-0.2, -0.15) is 0 Å². The summed E-state index contributed by atoms with van der Waals surface area (Å²) in [5.41, 5.74) is 4.21. The molecule has 2 aliphatic heterocycles. The first-order valence-corrected chi connectivity index (χ1v) is 10.4. The molecule has 2 unspecified atom stereocenters. The Balaban J connectivity index is 1.40. The van der Waals surface area contributed by atoms with Crippen molar-refractivity contribution in [1.29, 1.82) is 0 Å². The van der Waals surface area contributed by atoms with Crippen LogP contribution in [0.25, 0.3) is 0 Å². The smallest absolute Gasteiger partial charge is 0.257 e. The van der Waals surface area contributed by atoms with E-state index in [0.717, 1.165) is 31.7 Å². The number of carbonyl (C=O) groups excluding carboxylic acids is 1. The highest BCUT2D eigenvalue weighted by molar-refractivity contribution is 5.99. The van der Waals surface area contributed by atoms with Gasteiger partial charge in [0.05, 0.1) is 26.4 Å². The molecule has 1 amide bonds. The molecule has 2 atom stereocenters. The van der Waals surface area contributed by atoms with Gasteiger partial charge in [-0.1, -0.05) is 36.4 Å². The monoisotopic (exact) mass is 396 g/mol. The number of benzene rings is 2. The van der Waals surface area contributed by atoms with Crippen molar-refractivity contribution < 1.29 is 14.6 Å². The fraction of sp³-hybridized carbons (Fsp3) is 0.435. The van der Waals surface area contributed by atoms with Crippen LogP contribution < -0.4 is 15.1 Å². The number of nitrogens with one attached hydrogen (secondary N) is 2. The quantitative estimate of drug-likeness (QED) is 0.670. The largest absolute Gasteiger partial charge is 0.390 e. The summed E-state index contributed by atoms with van der Waals surface area (Å²) in [6, 6.07) is 16.0. The molecule has 1 fully saturated rings. The summed E-state index contributed by atoms with van der Waals surface area (Å²) >= 11 is 0. The second-order valence-corrected chi connectivity index (χ2v) is 8.21. The van der Waals surface area contributed by atoms with Gasteiger partial charge in [0.15, 0.2) is 0 Å². The van der Waals surface area contributed by atoms with Crippen molar-refractivity contribution in [3.05, 3.63) is 65.2 Å². The van der Waals surface area contributed by atoms with Crippen LogP contribution in [0.5, 0.6) is 0 Å². The predicted octanol–water partition coefficient (Wildman–Crippen LogP) is 1.46. The number of carbonyl (C=O) groups is 1. The summed E-state index contributed by atoms with van der Waals surface area (Å²) in [6.07, 6.45) is 0.117. The minimum absolute atomic E-state index is 0.0655. The summed E-state index contributed by atoms with van der Waals surface area (Å²) in [5.74, 6) is -0.137. The third-order valence-electron chi connectivity index (χ3n) is 6.24. The van der Waals surface area contributed by atoms with Crippen LogP contribution in [-0.4, -0.2) is 63.1 Å². The molecule has 6 nitrogen and oxygen atoms in total. The number of ether oxygens (including phenoxy) is 1. The topological polar surface area (TPSA) is 70.6 Å². The van der Waals surface area contributed by atoms with Gasteiger partial charge in [-0.25, -0.2) is 0 Å². The van der Waals surface area contributed by atoms with Crippen LogP contribution in [0.2, 0.25) is 0 Å². The number of nitrogens with zero attached hydrogens (tertiary/aromatic N) is 1. The molecule has 2 heterocycles. The second kappa shape index (κ2) is 8.63. The first-order valence-electron chi connectivity index (χ1n) is 10.4. The lowest BCUT2D eigenvalue weighted by molar-refractivity contribution is 0.0520. The van der Waals surface area contributed by atoms with E-state index in [0.29, 0.717) is 23.3 Å². The van der Waals surface area contributed by atoms with Crippen LogP contribution in [0.3, 0.4) is 0 Å². The highest BCUT2D eigenvalue weighted by Gasteiger charge is 2.32. The molecule has 0 radical (unpaired) electrons. The van der Waals surface area contributed by atoms with Gasteiger partial charge in [-0.3, -0.25) is 9.28 Å². The van der Waals surface area contributed by atoms with E-state index in [9.17, 15) is 9.90 Å². The van der Waals surface area contributed by atoms with E-state index in [1.54, 1.807) is 0 Å². The minimum Gasteiger partial charge on any atom is -0.390 e. The molecule has 0 bridgehead atoms. The standard InChI is InChI=1S/C23H29N3O3/c1-26(10-12-29-13-11-26)21-9-5-4-8-19(21)23(28)25-16-22(27)20-14-17-6-2-3-7-18(17)15-24-20/h2-9,20,22,24,27H,10-16H2,1H3/p+1. The lowest BCUT2D eigenvalue weighted by atomic mass is 9.93. The van der Waals surface area contributed by atoms with Gasteiger partial charge in [-0.05, 0) is 29.7 Å². The third kappa shape index (κ3) is 4.36. The molecule has 0 saturated carbocycles. The van der Waals surface area contributed by atoms with E-state index in [2.05, 4.69) is 29.8 Å². The van der Waals surface area contributed by atoms with Crippen molar-refractivity contribution in [2.24, 2.45) is 0 Å². The lowest BCUT2D eigenvalue weighted by Gasteiger charge is -2.38. The zero-order valence-electron chi connectivity index (χ0n) is 16.9. The third-order valence-corrected chi connectivity index (χ3v) is 6.24. The Bertz CT molecular complexity index is 864. The summed E-state index contributed by atoms with van der Waals surface area (Å²) < 4.78 is 6.19. The molecule has 2 aromatic carbocycles. The Morgan fingerprint density at radius 3 is 2.66 bits per heavy atom. The van der Waals surface area contributed by atoms with Crippen LogP contribution in [0.4, 0.5) is 5.69 Å². The summed E-state index contributed by atoms with van der Waals surface area (Å²) in [5, 5.41) is 17.0. The van der Waals surface area contributed by atoms with Crippen LogP contribution >= 0.6 is 0 Å². The molecule has 6 heteroatoms. The number of quaternary nitrogens is 1. The number of likely N-dealkylation sites (N-methyl/N-ethyl adjacent to an activating group) is 1. The van der Waals surface area contributed by atoms with Crippen molar-refractivity contribution in [2.45, 2.75) is 25.1 Å². The zero-order chi connectivity index (χ0) is 20.3. The van der Waals surface area contributed by atoms with Crippen molar-refractivity contribution in [3.63, 3.8) is 0 Å². The van der Waals surface area contributed by atoms with Crippen molar-refractivity contribution >= 4 is 11.6 Å². The molecular formula is C23H30N3O3+. The van der Waals surface area contributed by atoms with Crippen LogP contribution in [0.1, 0.15) is 21.5 Å². The number of aliphatic hydroxyl groups is 1. The van der Waals surface area contributed by atoms with E-state index >= 15 is 0 Å². The maximum absolute atomic E-state index is 13.0. The molecule has 2 aliphatic rings. The van der Waals surface area contributed by atoms with Gasteiger partial charge in [0.1, 0.15) is 24.3 Å². The van der Waals surface area contributed by atoms with E-state index in [1.165, 1.54) is 11.1 Å². The molecule has 29 heavy (non-hydrogen) atoms. The number of para-hydroxylation sites is 1. The van der Waals surface area contributed by atoms with Crippen LogP contribution in [-0.2, 0) is 17.7 Å². The van der Waals surface area contributed by atoms with Gasteiger partial charge in [0.25, 0.3) is 5.91 Å². The van der Waals surface area contributed by atoms with E-state index < -0.39 is 6.10 Å². The zero-order valence-corrected chi connectivity index (χ0v) is 16.9. The number of hydrogen-bond acceptors (Lipinski definition) is 4. The average Bonchev–Trinajstić information content (AvgIpc) is 2.77. The van der Waals surface area contributed by atoms with Gasteiger partial charge >= 0.3 is 0 Å². The summed E-state index contributed by atoms with van der Waals surface area (Å²) in [4.78, 5) is 13.0. The molecule has 4 rings (SSSR count). The van der Waals surface area contributed by atoms with Crippen LogP contribution in [0.15, 0.2) is 48.5 Å². The van der Waals surface area contributed by atoms with Crippen LogP contribution in [0, 0.1) is 0 Å². The molecular weight excluding hydrogens is 366 g/mol. The lowest BCUT2D eigenvalue weighted by Crippen LogP contribution is -2.54. The Kier molecular flexibility index (Phi) is 5.96.